The Hall–Kier alpha value is -1.75. The topological polar surface area (TPSA) is 50.8 Å². The van der Waals surface area contributed by atoms with Crippen LogP contribution in [0.1, 0.15) is 24.4 Å². The Bertz CT molecular complexity index is 504. The molecule has 1 fully saturated rings. The molecule has 0 spiro atoms. The van der Waals surface area contributed by atoms with Crippen LogP contribution >= 0.6 is 0 Å². The molecule has 0 radical (unpaired) electrons. The van der Waals surface area contributed by atoms with Gasteiger partial charge in [0.25, 0.3) is 0 Å². The number of nitrogens with one attached hydrogen (secondary N) is 1. The summed E-state index contributed by atoms with van der Waals surface area (Å²) in [5.41, 5.74) is 1.20. The molecule has 2 aliphatic rings. The summed E-state index contributed by atoms with van der Waals surface area (Å²) in [5, 5.41) is 2.69. The second-order valence-electron chi connectivity index (χ2n) is 5.20. The fraction of sp³-hybridized carbons (Fsp3) is 0.533. The SMILES string of the molecule is CNC(=O)CN1CCC[C@@H]1c1ccc2c(c1)OCCO2. The molecule has 3 rings (SSSR count). The third-order valence-electron chi connectivity index (χ3n) is 3.94. The van der Waals surface area contributed by atoms with Crippen molar-refractivity contribution in [1.82, 2.24) is 10.2 Å². The van der Waals surface area contributed by atoms with E-state index in [9.17, 15) is 4.79 Å². The molecule has 1 atom stereocenters. The Kier molecular flexibility index (Phi) is 3.78. The number of benzene rings is 1. The first-order valence-corrected chi connectivity index (χ1v) is 7.12. The Morgan fingerprint density at radius 2 is 2.15 bits per heavy atom. The molecule has 1 aromatic carbocycles. The third-order valence-corrected chi connectivity index (χ3v) is 3.94. The number of likely N-dealkylation sites (N-methyl/N-ethyl adjacent to an activating group) is 1. The van der Waals surface area contributed by atoms with Gasteiger partial charge < -0.3 is 14.8 Å². The predicted molar refractivity (Wildman–Crippen MR) is 75.0 cm³/mol. The van der Waals surface area contributed by atoms with E-state index in [4.69, 9.17) is 9.47 Å². The molecule has 20 heavy (non-hydrogen) atoms. The maximum Gasteiger partial charge on any atom is 0.233 e. The summed E-state index contributed by atoms with van der Waals surface area (Å²) in [7, 11) is 1.68. The molecule has 0 unspecified atom stereocenters. The Balaban J connectivity index is 1.79. The molecule has 0 saturated carbocycles. The van der Waals surface area contributed by atoms with Crippen LogP contribution in [0.5, 0.6) is 11.5 Å². The van der Waals surface area contributed by atoms with Gasteiger partial charge in [-0.15, -0.1) is 0 Å². The second-order valence-corrected chi connectivity index (χ2v) is 5.20. The minimum atomic E-state index is 0.0643. The van der Waals surface area contributed by atoms with Crippen molar-refractivity contribution in [3.63, 3.8) is 0 Å². The van der Waals surface area contributed by atoms with Gasteiger partial charge in [0.1, 0.15) is 13.2 Å². The van der Waals surface area contributed by atoms with Gasteiger partial charge in [-0.05, 0) is 37.1 Å². The average molecular weight is 276 g/mol. The molecule has 1 N–H and O–H groups in total. The van der Waals surface area contributed by atoms with E-state index < -0.39 is 0 Å². The van der Waals surface area contributed by atoms with Crippen molar-refractivity contribution in [2.75, 3.05) is 33.4 Å². The number of carbonyl (C=O) groups excluding carboxylic acids is 1. The van der Waals surface area contributed by atoms with Crippen molar-refractivity contribution < 1.29 is 14.3 Å². The Morgan fingerprint density at radius 1 is 1.35 bits per heavy atom. The van der Waals surface area contributed by atoms with Crippen LogP contribution in [0.4, 0.5) is 0 Å². The zero-order chi connectivity index (χ0) is 13.9. The molecule has 2 heterocycles. The van der Waals surface area contributed by atoms with Crippen LogP contribution in [0.15, 0.2) is 18.2 Å². The quantitative estimate of drug-likeness (QED) is 0.905. The van der Waals surface area contributed by atoms with Gasteiger partial charge in [-0.1, -0.05) is 6.07 Å². The molecule has 1 amide bonds. The third kappa shape index (κ3) is 2.58. The van der Waals surface area contributed by atoms with Crippen molar-refractivity contribution in [3.8, 4) is 11.5 Å². The van der Waals surface area contributed by atoms with E-state index >= 15 is 0 Å². The zero-order valence-corrected chi connectivity index (χ0v) is 11.7. The van der Waals surface area contributed by atoms with Crippen LogP contribution in [0.25, 0.3) is 0 Å². The maximum absolute atomic E-state index is 11.6. The standard InChI is InChI=1S/C15H20N2O3/c1-16-15(18)10-17-6-2-3-12(17)11-4-5-13-14(9-11)20-8-7-19-13/h4-5,9,12H,2-3,6-8,10H2,1H3,(H,16,18)/t12-/m1/s1. The van der Waals surface area contributed by atoms with E-state index in [1.165, 1.54) is 5.56 Å². The minimum absolute atomic E-state index is 0.0643. The zero-order valence-electron chi connectivity index (χ0n) is 11.7. The number of hydrogen-bond donors (Lipinski definition) is 1. The van der Waals surface area contributed by atoms with Crippen LogP contribution < -0.4 is 14.8 Å². The van der Waals surface area contributed by atoms with E-state index in [2.05, 4.69) is 22.3 Å². The number of likely N-dealkylation sites (tertiary alicyclic amines) is 1. The Morgan fingerprint density at radius 3 is 2.95 bits per heavy atom. The summed E-state index contributed by atoms with van der Waals surface area (Å²) in [4.78, 5) is 13.8. The van der Waals surface area contributed by atoms with Crippen LogP contribution in [0.2, 0.25) is 0 Å². The smallest absolute Gasteiger partial charge is 0.233 e. The number of hydrogen-bond acceptors (Lipinski definition) is 4. The van der Waals surface area contributed by atoms with E-state index in [1.54, 1.807) is 7.05 Å². The van der Waals surface area contributed by atoms with Crippen molar-refractivity contribution in [2.45, 2.75) is 18.9 Å². The van der Waals surface area contributed by atoms with Crippen LogP contribution in [0, 0.1) is 0 Å². The molecular weight excluding hydrogens is 256 g/mol. The lowest BCUT2D eigenvalue weighted by Gasteiger charge is -2.25. The summed E-state index contributed by atoms with van der Waals surface area (Å²) in [6.07, 6.45) is 2.20. The number of nitrogens with zero attached hydrogens (tertiary/aromatic N) is 1. The summed E-state index contributed by atoms with van der Waals surface area (Å²) in [5.74, 6) is 1.70. The van der Waals surface area contributed by atoms with Gasteiger partial charge in [0.05, 0.1) is 6.54 Å². The van der Waals surface area contributed by atoms with Crippen molar-refractivity contribution in [2.24, 2.45) is 0 Å². The molecule has 1 aromatic rings. The number of carbonyl (C=O) groups is 1. The predicted octanol–water partition coefficient (Wildman–Crippen LogP) is 1.34. The van der Waals surface area contributed by atoms with Gasteiger partial charge >= 0.3 is 0 Å². The first-order chi connectivity index (χ1) is 9.78. The number of fused-ring (bicyclic) bond motifs is 1. The number of rotatable bonds is 3. The highest BCUT2D eigenvalue weighted by atomic mass is 16.6. The monoisotopic (exact) mass is 276 g/mol. The lowest BCUT2D eigenvalue weighted by molar-refractivity contribution is -0.122. The summed E-state index contributed by atoms with van der Waals surface area (Å²) in [6.45, 7) is 2.63. The summed E-state index contributed by atoms with van der Waals surface area (Å²) >= 11 is 0. The second kappa shape index (κ2) is 5.71. The average Bonchev–Trinajstić information content (AvgIpc) is 2.94. The fourth-order valence-electron chi connectivity index (χ4n) is 2.92. The molecule has 0 aliphatic carbocycles. The molecule has 5 nitrogen and oxygen atoms in total. The van der Waals surface area contributed by atoms with Crippen LogP contribution in [-0.4, -0.2) is 44.2 Å². The van der Waals surface area contributed by atoms with Gasteiger partial charge in [0.2, 0.25) is 5.91 Å². The lowest BCUT2D eigenvalue weighted by atomic mass is 10.0. The van der Waals surface area contributed by atoms with Gasteiger partial charge in [0.15, 0.2) is 11.5 Å². The summed E-state index contributed by atoms with van der Waals surface area (Å²) < 4.78 is 11.2. The molecule has 0 bridgehead atoms. The highest BCUT2D eigenvalue weighted by Gasteiger charge is 2.28. The van der Waals surface area contributed by atoms with E-state index in [1.807, 2.05) is 6.07 Å². The summed E-state index contributed by atoms with van der Waals surface area (Å²) in [6, 6.07) is 6.41. The molecule has 2 aliphatic heterocycles. The van der Waals surface area contributed by atoms with Gasteiger partial charge in [-0.2, -0.15) is 0 Å². The number of amides is 1. The first-order valence-electron chi connectivity index (χ1n) is 7.12. The van der Waals surface area contributed by atoms with E-state index in [0.29, 0.717) is 25.8 Å². The highest BCUT2D eigenvalue weighted by molar-refractivity contribution is 5.77. The molecular formula is C15H20N2O3. The van der Waals surface area contributed by atoms with E-state index in [0.717, 1.165) is 30.9 Å². The lowest BCUT2D eigenvalue weighted by Crippen LogP contribution is -2.35. The Labute approximate surface area is 118 Å². The van der Waals surface area contributed by atoms with Crippen molar-refractivity contribution >= 4 is 5.91 Å². The minimum Gasteiger partial charge on any atom is -0.486 e. The highest BCUT2D eigenvalue weighted by Crippen LogP contribution is 2.37. The van der Waals surface area contributed by atoms with E-state index in [-0.39, 0.29) is 5.91 Å². The van der Waals surface area contributed by atoms with Gasteiger partial charge in [-0.3, -0.25) is 9.69 Å². The molecule has 0 aromatic heterocycles. The van der Waals surface area contributed by atoms with Crippen molar-refractivity contribution in [1.29, 1.82) is 0 Å². The maximum atomic E-state index is 11.6. The fourth-order valence-corrected chi connectivity index (χ4v) is 2.92. The van der Waals surface area contributed by atoms with Crippen LogP contribution in [0.3, 0.4) is 0 Å². The largest absolute Gasteiger partial charge is 0.486 e. The number of ether oxygens (including phenoxy) is 2. The molecule has 1 saturated heterocycles. The van der Waals surface area contributed by atoms with Gasteiger partial charge in [-0.25, -0.2) is 0 Å². The first kappa shape index (κ1) is 13.2. The normalized spacial score (nSPS) is 21.8. The van der Waals surface area contributed by atoms with Crippen LogP contribution in [-0.2, 0) is 4.79 Å². The van der Waals surface area contributed by atoms with Crippen molar-refractivity contribution in [3.05, 3.63) is 23.8 Å². The molecule has 108 valence electrons. The van der Waals surface area contributed by atoms with Gasteiger partial charge in [0, 0.05) is 13.1 Å². The molecule has 5 heteroatoms.